The van der Waals surface area contributed by atoms with Gasteiger partial charge in [0.1, 0.15) is 30.2 Å². The summed E-state index contributed by atoms with van der Waals surface area (Å²) in [4.78, 5) is 55.7. The molecule has 0 aliphatic rings. The molecule has 6 N–H and O–H groups in total. The van der Waals surface area contributed by atoms with Crippen molar-refractivity contribution in [3.05, 3.63) is 58.6 Å². The number of ether oxygens (including phenoxy) is 4. The molecule has 2 atom stereocenters. The molecule has 0 heterocycles. The Balaban J connectivity index is 0.000000442. The highest BCUT2D eigenvalue weighted by atomic mass is 16.6. The number of amides is 2. The van der Waals surface area contributed by atoms with E-state index in [0.29, 0.717) is 11.4 Å². The maximum Gasteiger partial charge on any atom is 0.408 e. The summed E-state index contributed by atoms with van der Waals surface area (Å²) >= 11 is 0. The van der Waals surface area contributed by atoms with E-state index in [0.717, 1.165) is 0 Å². The van der Waals surface area contributed by atoms with Crippen molar-refractivity contribution in [2.24, 2.45) is 0 Å². The number of hydrogen-bond acceptors (Lipinski definition) is 11. The number of nitrogens with zero attached hydrogens (tertiary/aromatic N) is 1. The molecule has 242 valence electrons. The van der Waals surface area contributed by atoms with E-state index >= 15 is 0 Å². The number of carboxylic acids is 2. The molecule has 0 bridgehead atoms. The molecule has 0 unspecified atom stereocenters. The average Bonchev–Trinajstić information content (AvgIpc) is 2.88. The number of nitrogen functional groups attached to an aromatic ring is 1. The summed E-state index contributed by atoms with van der Waals surface area (Å²) in [6, 6.07) is 9.57. The molecule has 2 aromatic rings. The fraction of sp³-hybridized carbons (Fsp3) is 0.429. The number of aliphatic carboxylic acids is 2. The monoisotopic (exact) mass is 622 g/mol. The molecule has 0 aromatic heterocycles. The molecule has 0 saturated heterocycles. The van der Waals surface area contributed by atoms with E-state index in [1.165, 1.54) is 24.3 Å². The van der Waals surface area contributed by atoms with Crippen LogP contribution in [-0.2, 0) is 19.1 Å². The fourth-order valence-electron chi connectivity index (χ4n) is 2.94. The minimum atomic E-state index is -1.41. The maximum absolute atomic E-state index is 11.6. The Labute approximate surface area is 253 Å². The molecule has 2 rings (SSSR count). The van der Waals surface area contributed by atoms with Crippen LogP contribution in [0.3, 0.4) is 0 Å². The summed E-state index contributed by atoms with van der Waals surface area (Å²) in [6.45, 7) is 9.20. The number of hydrogen-bond donors (Lipinski definition) is 5. The zero-order valence-electron chi connectivity index (χ0n) is 25.2. The van der Waals surface area contributed by atoms with Crippen LogP contribution in [0.4, 0.5) is 21.0 Å². The number of nitro groups is 1. The van der Waals surface area contributed by atoms with Gasteiger partial charge in [0.2, 0.25) is 0 Å². The highest BCUT2D eigenvalue weighted by Gasteiger charge is 2.26. The van der Waals surface area contributed by atoms with Crippen molar-refractivity contribution in [1.82, 2.24) is 10.6 Å². The first-order valence-electron chi connectivity index (χ1n) is 13.1. The van der Waals surface area contributed by atoms with E-state index < -0.39 is 58.9 Å². The van der Waals surface area contributed by atoms with Crippen LogP contribution >= 0.6 is 0 Å². The van der Waals surface area contributed by atoms with Crippen molar-refractivity contribution >= 4 is 35.5 Å². The minimum absolute atomic E-state index is 0.0882. The third-order valence-corrected chi connectivity index (χ3v) is 4.77. The lowest BCUT2D eigenvalue weighted by atomic mass is 10.2. The maximum atomic E-state index is 11.6. The molecular weight excluding hydrogens is 584 g/mol. The van der Waals surface area contributed by atoms with Crippen molar-refractivity contribution in [2.45, 2.75) is 64.8 Å². The molecule has 16 heteroatoms. The van der Waals surface area contributed by atoms with Gasteiger partial charge in [-0.2, -0.15) is 0 Å². The SMILES string of the molecule is CC(C)(C)OC(=O)N[C@@H](COc1ccccc1N)C(=O)O.CC(C)(C)OC(=O)N[C@@H](COc1ccccc1[N+](=O)[O-])C(=O)O. The topological polar surface area (TPSA) is 239 Å². The smallest absolute Gasteiger partial charge is 0.408 e. The number of nitrogens with two attached hydrogens (primary N) is 1. The molecule has 0 saturated carbocycles. The minimum Gasteiger partial charge on any atom is -0.489 e. The first kappa shape index (κ1) is 36.7. The van der Waals surface area contributed by atoms with Crippen LogP contribution in [0.15, 0.2) is 48.5 Å². The summed E-state index contributed by atoms with van der Waals surface area (Å²) in [6.07, 6.45) is -1.74. The second kappa shape index (κ2) is 16.4. The molecule has 0 aliphatic carbocycles. The molecule has 0 aliphatic heterocycles. The first-order chi connectivity index (χ1) is 20.3. The normalized spacial score (nSPS) is 12.2. The van der Waals surface area contributed by atoms with Gasteiger partial charge in [0, 0.05) is 6.07 Å². The number of para-hydroxylation sites is 4. The average molecular weight is 623 g/mol. The van der Waals surface area contributed by atoms with E-state index in [1.807, 2.05) is 0 Å². The summed E-state index contributed by atoms with van der Waals surface area (Å²) in [7, 11) is 0. The predicted molar refractivity (Wildman–Crippen MR) is 157 cm³/mol. The lowest BCUT2D eigenvalue weighted by Gasteiger charge is -2.22. The van der Waals surface area contributed by atoms with Crippen LogP contribution in [0.5, 0.6) is 11.5 Å². The van der Waals surface area contributed by atoms with Crippen molar-refractivity contribution in [3.8, 4) is 11.5 Å². The molecule has 2 amide bonds. The van der Waals surface area contributed by atoms with Gasteiger partial charge in [-0.05, 0) is 59.7 Å². The molecule has 0 fully saturated rings. The Bertz CT molecular complexity index is 1300. The number of rotatable bonds is 11. The fourth-order valence-corrected chi connectivity index (χ4v) is 2.94. The van der Waals surface area contributed by atoms with Gasteiger partial charge in [-0.15, -0.1) is 0 Å². The highest BCUT2D eigenvalue weighted by Crippen LogP contribution is 2.26. The van der Waals surface area contributed by atoms with Crippen molar-refractivity contribution < 1.29 is 53.3 Å². The molecule has 16 nitrogen and oxygen atoms in total. The Morgan fingerprint density at radius 1 is 0.773 bits per heavy atom. The Morgan fingerprint density at radius 2 is 1.16 bits per heavy atom. The summed E-state index contributed by atoms with van der Waals surface area (Å²) in [5.74, 6) is -2.31. The van der Waals surface area contributed by atoms with Gasteiger partial charge in [0.15, 0.2) is 17.8 Å². The number of nitrogens with one attached hydrogen (secondary N) is 2. The Hall–Kier alpha value is -5.28. The summed E-state index contributed by atoms with van der Waals surface area (Å²) in [5.41, 5.74) is 4.28. The standard InChI is InChI=1S/C14H18N2O7.C14H20N2O5/c1-14(2,3)23-13(19)15-9(12(17)18)8-22-11-7-5-4-6-10(11)16(20)21;1-14(2,3)21-13(19)16-10(12(17)18)8-20-11-7-5-4-6-9(11)15/h4-7,9H,8H2,1-3H3,(H,15,19)(H,17,18);4-7,10H,8,15H2,1-3H3,(H,16,19)(H,17,18)/t9-;10-/m00/s1. The lowest BCUT2D eigenvalue weighted by molar-refractivity contribution is -0.385. The molecule has 44 heavy (non-hydrogen) atoms. The number of carbonyl (C=O) groups excluding carboxylic acids is 2. The van der Waals surface area contributed by atoms with Gasteiger partial charge in [-0.1, -0.05) is 24.3 Å². The molecule has 0 spiro atoms. The Morgan fingerprint density at radius 3 is 1.55 bits per heavy atom. The third-order valence-electron chi connectivity index (χ3n) is 4.77. The van der Waals surface area contributed by atoms with Crippen LogP contribution in [0.2, 0.25) is 0 Å². The molecule has 0 radical (unpaired) electrons. The first-order valence-corrected chi connectivity index (χ1v) is 13.1. The predicted octanol–water partition coefficient (Wildman–Crippen LogP) is 3.58. The van der Waals surface area contributed by atoms with Crippen molar-refractivity contribution in [3.63, 3.8) is 0 Å². The van der Waals surface area contributed by atoms with E-state index in [-0.39, 0.29) is 18.0 Å². The van der Waals surface area contributed by atoms with Crippen LogP contribution in [-0.4, -0.2) is 75.8 Å². The second-order valence-electron chi connectivity index (χ2n) is 11.0. The number of anilines is 1. The van der Waals surface area contributed by atoms with Crippen molar-refractivity contribution in [2.75, 3.05) is 18.9 Å². The highest BCUT2D eigenvalue weighted by molar-refractivity contribution is 5.80. The zero-order chi connectivity index (χ0) is 33.7. The second-order valence-corrected chi connectivity index (χ2v) is 11.0. The summed E-state index contributed by atoms with van der Waals surface area (Å²) < 4.78 is 20.4. The Kier molecular flexibility index (Phi) is 13.7. The van der Waals surface area contributed by atoms with Crippen molar-refractivity contribution in [1.29, 1.82) is 0 Å². The van der Waals surface area contributed by atoms with Gasteiger partial charge in [-0.3, -0.25) is 10.1 Å². The van der Waals surface area contributed by atoms with Gasteiger partial charge in [-0.25, -0.2) is 19.2 Å². The van der Waals surface area contributed by atoms with Gasteiger partial charge in [0.05, 0.1) is 10.6 Å². The number of nitro benzene ring substituents is 1. The number of benzene rings is 2. The van der Waals surface area contributed by atoms with Crippen LogP contribution in [0.25, 0.3) is 0 Å². The molecular formula is C28H38N4O12. The van der Waals surface area contributed by atoms with Crippen LogP contribution in [0, 0.1) is 10.1 Å². The van der Waals surface area contributed by atoms with E-state index in [2.05, 4.69) is 10.6 Å². The van der Waals surface area contributed by atoms with Gasteiger partial charge >= 0.3 is 29.8 Å². The summed E-state index contributed by atoms with van der Waals surface area (Å²) in [5, 5.41) is 33.4. The molecule has 2 aromatic carbocycles. The van der Waals surface area contributed by atoms with E-state index in [1.54, 1.807) is 65.8 Å². The lowest BCUT2D eigenvalue weighted by Crippen LogP contribution is -2.46. The van der Waals surface area contributed by atoms with E-state index in [9.17, 15) is 29.3 Å². The van der Waals surface area contributed by atoms with Crippen LogP contribution in [0.1, 0.15) is 41.5 Å². The third kappa shape index (κ3) is 14.6. The quantitative estimate of drug-likeness (QED) is 0.137. The van der Waals surface area contributed by atoms with Gasteiger partial charge < -0.3 is 45.5 Å². The zero-order valence-corrected chi connectivity index (χ0v) is 25.2. The largest absolute Gasteiger partial charge is 0.489 e. The van der Waals surface area contributed by atoms with E-state index in [4.69, 9.17) is 34.9 Å². The van der Waals surface area contributed by atoms with Crippen LogP contribution < -0.4 is 25.8 Å². The number of carbonyl (C=O) groups is 4. The number of carboxylic acid groups (broad SMARTS) is 2. The van der Waals surface area contributed by atoms with Gasteiger partial charge in [0.25, 0.3) is 0 Å². The number of alkyl carbamates (subject to hydrolysis) is 2.